The molecule has 4 heteroatoms. The number of hydrogen-bond donors (Lipinski definition) is 0. The lowest BCUT2D eigenvalue weighted by molar-refractivity contribution is 0.103. The second-order valence-electron chi connectivity index (χ2n) is 4.59. The predicted molar refractivity (Wildman–Crippen MR) is 85.2 cm³/mol. The van der Waals surface area contributed by atoms with Crippen LogP contribution in [-0.2, 0) is 0 Å². The van der Waals surface area contributed by atoms with Crippen molar-refractivity contribution in [3.05, 3.63) is 53.6 Å². The van der Waals surface area contributed by atoms with Gasteiger partial charge in [0.25, 0.3) is 0 Å². The van der Waals surface area contributed by atoms with Gasteiger partial charge in [-0.25, -0.2) is 0 Å². The SMILES string of the molecule is CCOc1ccc(C(=O)c2ccc(OC)cc2)cc1OCC. The molecule has 0 spiro atoms. The van der Waals surface area contributed by atoms with Crippen LogP contribution in [0, 0.1) is 0 Å². The lowest BCUT2D eigenvalue weighted by Crippen LogP contribution is -2.04. The van der Waals surface area contributed by atoms with Gasteiger partial charge in [-0.1, -0.05) is 0 Å². The molecule has 0 saturated carbocycles. The fourth-order valence-electron chi connectivity index (χ4n) is 2.10. The van der Waals surface area contributed by atoms with Gasteiger partial charge in [0.15, 0.2) is 17.3 Å². The minimum atomic E-state index is -0.0633. The largest absolute Gasteiger partial charge is 0.497 e. The highest BCUT2D eigenvalue weighted by Crippen LogP contribution is 2.29. The Morgan fingerprint density at radius 3 is 2.05 bits per heavy atom. The maximum absolute atomic E-state index is 12.5. The molecule has 2 aromatic rings. The summed E-state index contributed by atoms with van der Waals surface area (Å²) in [4.78, 5) is 12.5. The summed E-state index contributed by atoms with van der Waals surface area (Å²) in [5, 5.41) is 0. The van der Waals surface area contributed by atoms with Crippen molar-refractivity contribution in [2.24, 2.45) is 0 Å². The number of hydrogen-bond acceptors (Lipinski definition) is 4. The van der Waals surface area contributed by atoms with E-state index in [-0.39, 0.29) is 5.78 Å². The molecule has 22 heavy (non-hydrogen) atoms. The molecule has 0 radical (unpaired) electrons. The van der Waals surface area contributed by atoms with E-state index in [0.717, 1.165) is 5.75 Å². The maximum atomic E-state index is 12.5. The number of methoxy groups -OCH3 is 1. The van der Waals surface area contributed by atoms with Crippen LogP contribution in [0.5, 0.6) is 17.2 Å². The molecule has 2 rings (SSSR count). The van der Waals surface area contributed by atoms with Gasteiger partial charge >= 0.3 is 0 Å². The molecule has 0 heterocycles. The van der Waals surface area contributed by atoms with Gasteiger partial charge in [-0.05, 0) is 56.3 Å². The van der Waals surface area contributed by atoms with E-state index in [1.807, 2.05) is 13.8 Å². The number of rotatable bonds is 7. The molecule has 0 aromatic heterocycles. The number of benzene rings is 2. The fraction of sp³-hybridized carbons (Fsp3) is 0.278. The normalized spacial score (nSPS) is 10.1. The summed E-state index contributed by atoms with van der Waals surface area (Å²) in [5.41, 5.74) is 1.17. The van der Waals surface area contributed by atoms with E-state index in [0.29, 0.717) is 35.8 Å². The summed E-state index contributed by atoms with van der Waals surface area (Å²) < 4.78 is 16.2. The van der Waals surface area contributed by atoms with E-state index < -0.39 is 0 Å². The van der Waals surface area contributed by atoms with Crippen LogP contribution in [-0.4, -0.2) is 26.1 Å². The van der Waals surface area contributed by atoms with Gasteiger partial charge in [0.2, 0.25) is 0 Å². The first-order chi connectivity index (χ1) is 10.7. The molecule has 0 bridgehead atoms. The zero-order valence-electron chi connectivity index (χ0n) is 13.1. The Labute approximate surface area is 130 Å². The van der Waals surface area contributed by atoms with Crippen LogP contribution in [0.25, 0.3) is 0 Å². The molecule has 0 aliphatic rings. The minimum Gasteiger partial charge on any atom is -0.497 e. The molecule has 4 nitrogen and oxygen atoms in total. The highest BCUT2D eigenvalue weighted by molar-refractivity contribution is 6.09. The van der Waals surface area contributed by atoms with Gasteiger partial charge in [0, 0.05) is 11.1 Å². The molecule has 0 aliphatic carbocycles. The Kier molecular flexibility index (Phi) is 5.42. The molecule has 0 amide bonds. The zero-order chi connectivity index (χ0) is 15.9. The molecule has 0 aliphatic heterocycles. The van der Waals surface area contributed by atoms with E-state index in [4.69, 9.17) is 14.2 Å². The van der Waals surface area contributed by atoms with Crippen molar-refractivity contribution in [1.29, 1.82) is 0 Å². The van der Waals surface area contributed by atoms with Gasteiger partial charge in [-0.15, -0.1) is 0 Å². The van der Waals surface area contributed by atoms with Crippen LogP contribution in [0.4, 0.5) is 0 Å². The Balaban J connectivity index is 2.30. The zero-order valence-corrected chi connectivity index (χ0v) is 13.1. The third-order valence-electron chi connectivity index (χ3n) is 3.16. The molecule has 0 saturated heterocycles. The Hall–Kier alpha value is -2.49. The summed E-state index contributed by atoms with van der Waals surface area (Å²) in [7, 11) is 1.59. The lowest BCUT2D eigenvalue weighted by Gasteiger charge is -2.12. The van der Waals surface area contributed by atoms with Gasteiger partial charge in [0.1, 0.15) is 5.75 Å². The van der Waals surface area contributed by atoms with E-state index in [1.165, 1.54) is 0 Å². The molecule has 0 fully saturated rings. The average Bonchev–Trinajstić information content (AvgIpc) is 2.56. The highest BCUT2D eigenvalue weighted by atomic mass is 16.5. The molecule has 0 unspecified atom stereocenters. The first kappa shape index (κ1) is 15.9. The van der Waals surface area contributed by atoms with Crippen molar-refractivity contribution in [3.63, 3.8) is 0 Å². The quantitative estimate of drug-likeness (QED) is 0.731. The monoisotopic (exact) mass is 300 g/mol. The smallest absolute Gasteiger partial charge is 0.193 e. The second kappa shape index (κ2) is 7.50. The summed E-state index contributed by atoms with van der Waals surface area (Å²) in [6, 6.07) is 12.3. The number of ether oxygens (including phenoxy) is 3. The molecule has 0 atom stereocenters. The lowest BCUT2D eigenvalue weighted by atomic mass is 10.0. The molecular formula is C18H20O4. The van der Waals surface area contributed by atoms with Crippen molar-refractivity contribution in [2.75, 3.05) is 20.3 Å². The van der Waals surface area contributed by atoms with Gasteiger partial charge < -0.3 is 14.2 Å². The van der Waals surface area contributed by atoms with Crippen molar-refractivity contribution in [1.82, 2.24) is 0 Å². The Bertz CT molecular complexity index is 632. The van der Waals surface area contributed by atoms with E-state index in [1.54, 1.807) is 49.6 Å². The summed E-state index contributed by atoms with van der Waals surface area (Å²) in [5.74, 6) is 1.89. The first-order valence-corrected chi connectivity index (χ1v) is 7.28. The van der Waals surface area contributed by atoms with Crippen molar-refractivity contribution in [3.8, 4) is 17.2 Å². The van der Waals surface area contributed by atoms with Crippen LogP contribution >= 0.6 is 0 Å². The predicted octanol–water partition coefficient (Wildman–Crippen LogP) is 3.72. The third kappa shape index (κ3) is 3.58. The average molecular weight is 300 g/mol. The van der Waals surface area contributed by atoms with Crippen molar-refractivity contribution in [2.45, 2.75) is 13.8 Å². The summed E-state index contributed by atoms with van der Waals surface area (Å²) in [6.45, 7) is 4.87. The summed E-state index contributed by atoms with van der Waals surface area (Å²) >= 11 is 0. The second-order valence-corrected chi connectivity index (χ2v) is 4.59. The van der Waals surface area contributed by atoms with Crippen LogP contribution < -0.4 is 14.2 Å². The molecule has 2 aromatic carbocycles. The van der Waals surface area contributed by atoms with E-state index in [2.05, 4.69) is 0 Å². The number of carbonyl (C=O) groups is 1. The van der Waals surface area contributed by atoms with Gasteiger partial charge in [-0.2, -0.15) is 0 Å². The molecule has 116 valence electrons. The summed E-state index contributed by atoms with van der Waals surface area (Å²) in [6.07, 6.45) is 0. The minimum absolute atomic E-state index is 0.0633. The standard InChI is InChI=1S/C18H20O4/c1-4-21-16-11-8-14(12-17(16)22-5-2)18(19)13-6-9-15(20-3)10-7-13/h6-12H,4-5H2,1-3H3. The van der Waals surface area contributed by atoms with Crippen molar-refractivity contribution < 1.29 is 19.0 Å². The molecule has 0 N–H and O–H groups in total. The van der Waals surface area contributed by atoms with E-state index >= 15 is 0 Å². The number of carbonyl (C=O) groups excluding carboxylic acids is 1. The van der Waals surface area contributed by atoms with Crippen molar-refractivity contribution >= 4 is 5.78 Å². The van der Waals surface area contributed by atoms with Gasteiger partial charge in [0.05, 0.1) is 20.3 Å². The van der Waals surface area contributed by atoms with E-state index in [9.17, 15) is 4.79 Å². The van der Waals surface area contributed by atoms with Crippen LogP contribution in [0.3, 0.4) is 0 Å². The van der Waals surface area contributed by atoms with Crippen LogP contribution in [0.15, 0.2) is 42.5 Å². The Morgan fingerprint density at radius 1 is 0.864 bits per heavy atom. The fourth-order valence-corrected chi connectivity index (χ4v) is 2.10. The van der Waals surface area contributed by atoms with Crippen LogP contribution in [0.2, 0.25) is 0 Å². The Morgan fingerprint density at radius 2 is 1.45 bits per heavy atom. The van der Waals surface area contributed by atoms with Gasteiger partial charge in [-0.3, -0.25) is 4.79 Å². The van der Waals surface area contributed by atoms with Crippen LogP contribution in [0.1, 0.15) is 29.8 Å². The third-order valence-corrected chi connectivity index (χ3v) is 3.16. The topological polar surface area (TPSA) is 44.8 Å². The first-order valence-electron chi connectivity index (χ1n) is 7.28. The molecular weight excluding hydrogens is 280 g/mol. The maximum Gasteiger partial charge on any atom is 0.193 e. The highest BCUT2D eigenvalue weighted by Gasteiger charge is 2.13. The number of ketones is 1.